The van der Waals surface area contributed by atoms with Crippen LogP contribution in [0.15, 0.2) is 71.7 Å². The molecule has 0 aliphatic carbocycles. The number of carbonyl (C=O) groups is 2. The third-order valence-corrected chi connectivity index (χ3v) is 7.99. The summed E-state index contributed by atoms with van der Waals surface area (Å²) >= 11 is 0. The molecule has 3 aromatic rings. The number of aliphatic hydroxyl groups is 3. The van der Waals surface area contributed by atoms with Gasteiger partial charge in [-0.2, -0.15) is 5.10 Å². The minimum absolute atomic E-state index is 0.120. The molecule has 6 atom stereocenters. The average molecular weight is 594 g/mol. The minimum Gasteiger partial charge on any atom is -0.479 e. The molecule has 5 rings (SSSR count). The van der Waals surface area contributed by atoms with Crippen molar-refractivity contribution in [2.45, 2.75) is 62.4 Å². The highest BCUT2D eigenvalue weighted by Gasteiger charge is 2.46. The first-order chi connectivity index (χ1) is 20.6. The van der Waals surface area contributed by atoms with E-state index in [9.17, 15) is 29.7 Å². The zero-order chi connectivity index (χ0) is 30.8. The molecule has 228 valence electrons. The first kappa shape index (κ1) is 30.4. The van der Waals surface area contributed by atoms with Crippen molar-refractivity contribution in [1.82, 2.24) is 14.7 Å². The average Bonchev–Trinajstić information content (AvgIpc) is 3.11. The Kier molecular flexibility index (Phi) is 8.92. The van der Waals surface area contributed by atoms with Gasteiger partial charge >= 0.3 is 5.97 Å². The van der Waals surface area contributed by atoms with E-state index in [-0.39, 0.29) is 29.9 Å². The Balaban J connectivity index is 1.62. The molecule has 2 aliphatic rings. The van der Waals surface area contributed by atoms with Crippen molar-refractivity contribution in [3.63, 3.8) is 0 Å². The number of hydrogen-bond donors (Lipinski definition) is 3. The Bertz CT molecular complexity index is 1460. The van der Waals surface area contributed by atoms with Crippen molar-refractivity contribution < 1.29 is 39.1 Å². The molecule has 3 unspecified atom stereocenters. The van der Waals surface area contributed by atoms with Gasteiger partial charge in [-0.15, -0.1) is 0 Å². The van der Waals surface area contributed by atoms with Crippen molar-refractivity contribution in [2.75, 3.05) is 20.3 Å². The summed E-state index contributed by atoms with van der Waals surface area (Å²) in [6.45, 7) is 3.52. The number of rotatable bonds is 7. The van der Waals surface area contributed by atoms with Gasteiger partial charge in [0.05, 0.1) is 26.0 Å². The lowest BCUT2D eigenvalue weighted by Crippen LogP contribution is -2.51. The largest absolute Gasteiger partial charge is 0.479 e. The summed E-state index contributed by atoms with van der Waals surface area (Å²) in [5, 5.41) is 36.3. The third-order valence-electron chi connectivity index (χ3n) is 7.99. The molecule has 0 saturated carbocycles. The van der Waals surface area contributed by atoms with Crippen LogP contribution in [0.2, 0.25) is 0 Å². The lowest BCUT2D eigenvalue weighted by Gasteiger charge is -2.41. The quantitative estimate of drug-likeness (QED) is 0.336. The maximum Gasteiger partial charge on any atom is 0.337 e. The van der Waals surface area contributed by atoms with Gasteiger partial charge < -0.3 is 34.4 Å². The van der Waals surface area contributed by atoms with E-state index in [1.165, 1.54) is 4.68 Å². The number of ether oxygens (including phenoxy) is 3. The maximum atomic E-state index is 14.0. The number of benzene rings is 2. The SMILES string of the molecule is COC(=O)C1OC[C@@H](Oc2c3n(ncc2=O)[C@@H](C(c2ccccc2)c2ccccc2)CN(C(C)C)C3=O)C(O)C(O)[C@@H]1O. The van der Waals surface area contributed by atoms with E-state index >= 15 is 0 Å². The predicted molar refractivity (Wildman–Crippen MR) is 153 cm³/mol. The molecule has 2 aliphatic heterocycles. The van der Waals surface area contributed by atoms with Crippen LogP contribution in [0.4, 0.5) is 0 Å². The summed E-state index contributed by atoms with van der Waals surface area (Å²) in [5.74, 6) is -2.12. The third kappa shape index (κ3) is 5.78. The molecule has 1 amide bonds. The van der Waals surface area contributed by atoms with Crippen LogP contribution in [0.3, 0.4) is 0 Å². The number of methoxy groups -OCH3 is 1. The molecule has 12 nitrogen and oxygen atoms in total. The highest BCUT2D eigenvalue weighted by molar-refractivity contribution is 5.96. The second-order valence-electron chi connectivity index (χ2n) is 11.0. The van der Waals surface area contributed by atoms with Crippen molar-refractivity contribution >= 4 is 11.9 Å². The van der Waals surface area contributed by atoms with E-state index in [4.69, 9.17) is 9.47 Å². The monoisotopic (exact) mass is 593 g/mol. The molecule has 0 radical (unpaired) electrons. The topological polar surface area (TPSA) is 161 Å². The fourth-order valence-electron chi connectivity index (χ4n) is 5.73. The van der Waals surface area contributed by atoms with Crippen LogP contribution in [0.5, 0.6) is 5.75 Å². The maximum absolute atomic E-state index is 14.0. The Morgan fingerprint density at radius 1 is 0.953 bits per heavy atom. The molecule has 2 aromatic carbocycles. The van der Waals surface area contributed by atoms with E-state index in [0.29, 0.717) is 0 Å². The van der Waals surface area contributed by atoms with Crippen molar-refractivity contribution in [2.24, 2.45) is 0 Å². The van der Waals surface area contributed by atoms with E-state index in [0.717, 1.165) is 24.4 Å². The van der Waals surface area contributed by atoms with Gasteiger partial charge in [-0.3, -0.25) is 14.3 Å². The number of nitrogens with zero attached hydrogens (tertiary/aromatic N) is 3. The van der Waals surface area contributed by atoms with Gasteiger partial charge in [0.1, 0.15) is 18.3 Å². The molecule has 1 fully saturated rings. The van der Waals surface area contributed by atoms with E-state index in [2.05, 4.69) is 9.84 Å². The fourth-order valence-corrected chi connectivity index (χ4v) is 5.73. The normalized spacial score (nSPS) is 25.8. The van der Waals surface area contributed by atoms with E-state index < -0.39 is 60.5 Å². The molecular weight excluding hydrogens is 558 g/mol. The Labute approximate surface area is 248 Å². The zero-order valence-corrected chi connectivity index (χ0v) is 24.0. The number of aliphatic hydroxyl groups excluding tert-OH is 3. The van der Waals surface area contributed by atoms with Crippen LogP contribution in [0, 0.1) is 0 Å². The smallest absolute Gasteiger partial charge is 0.337 e. The van der Waals surface area contributed by atoms with Crippen molar-refractivity contribution in [1.29, 1.82) is 0 Å². The lowest BCUT2D eigenvalue weighted by molar-refractivity contribution is -0.166. The summed E-state index contributed by atoms with van der Waals surface area (Å²) in [6.07, 6.45) is -7.48. The van der Waals surface area contributed by atoms with Crippen molar-refractivity contribution in [3.05, 3.63) is 93.9 Å². The number of esters is 1. The van der Waals surface area contributed by atoms with Crippen molar-refractivity contribution in [3.8, 4) is 5.75 Å². The van der Waals surface area contributed by atoms with Gasteiger partial charge in [-0.25, -0.2) is 4.79 Å². The fraction of sp³-hybridized carbons (Fsp3) is 0.419. The molecular formula is C31H35N3O9. The Morgan fingerprint density at radius 2 is 1.56 bits per heavy atom. The number of hydrogen-bond acceptors (Lipinski definition) is 10. The van der Waals surface area contributed by atoms with Gasteiger partial charge in [0.2, 0.25) is 5.43 Å². The standard InChI is InChI=1S/C31H35N3O9/c1-17(2)33-15-20(23(18-10-6-4-7-11-18)19-12-8-5-9-13-19)34-24(30(33)39)28(21(35)14-32-34)43-22-16-42-29(31(40)41-3)27(38)26(37)25(22)36/h4-14,17,20,22-23,25-27,29,36-38H,15-16H2,1-3H3/t20-,22-,25?,26?,27+,29?/m1/s1. The van der Waals surface area contributed by atoms with Crippen LogP contribution in [-0.2, 0) is 14.3 Å². The first-order valence-electron chi connectivity index (χ1n) is 14.1. The number of aromatic nitrogens is 2. The molecule has 1 aromatic heterocycles. The molecule has 43 heavy (non-hydrogen) atoms. The predicted octanol–water partition coefficient (Wildman–Crippen LogP) is 0.883. The highest BCUT2D eigenvalue weighted by Crippen LogP contribution is 2.40. The molecule has 0 spiro atoms. The van der Waals surface area contributed by atoms with Gasteiger partial charge in [-0.1, -0.05) is 60.7 Å². The summed E-state index contributed by atoms with van der Waals surface area (Å²) in [7, 11) is 1.09. The Hall–Kier alpha value is -4.10. The second-order valence-corrected chi connectivity index (χ2v) is 11.0. The first-order valence-corrected chi connectivity index (χ1v) is 14.1. The Morgan fingerprint density at radius 3 is 2.12 bits per heavy atom. The summed E-state index contributed by atoms with van der Waals surface area (Å²) in [4.78, 5) is 41.0. The van der Waals surface area contributed by atoms with Crippen LogP contribution >= 0.6 is 0 Å². The zero-order valence-electron chi connectivity index (χ0n) is 24.0. The number of carbonyl (C=O) groups excluding carboxylic acids is 2. The molecule has 0 bridgehead atoms. The highest BCUT2D eigenvalue weighted by atomic mass is 16.6. The summed E-state index contributed by atoms with van der Waals surface area (Å²) in [6, 6.07) is 18.8. The van der Waals surface area contributed by atoms with Gasteiger partial charge in [0, 0.05) is 18.5 Å². The number of amides is 1. The van der Waals surface area contributed by atoms with E-state index in [1.54, 1.807) is 4.90 Å². The molecule has 3 N–H and O–H groups in total. The second kappa shape index (κ2) is 12.6. The van der Waals surface area contributed by atoms with Crippen LogP contribution in [0.1, 0.15) is 47.4 Å². The van der Waals surface area contributed by atoms with Crippen LogP contribution in [-0.4, -0.2) is 98.7 Å². The lowest BCUT2D eigenvalue weighted by atomic mass is 9.83. The molecule has 3 heterocycles. The minimum atomic E-state index is -1.88. The number of fused-ring (bicyclic) bond motifs is 1. The summed E-state index contributed by atoms with van der Waals surface area (Å²) in [5.41, 5.74) is 1.11. The van der Waals surface area contributed by atoms with Gasteiger partial charge in [-0.05, 0) is 25.0 Å². The van der Waals surface area contributed by atoms with E-state index in [1.807, 2.05) is 74.5 Å². The van der Waals surface area contributed by atoms with Crippen LogP contribution in [0.25, 0.3) is 0 Å². The summed E-state index contributed by atoms with van der Waals surface area (Å²) < 4.78 is 17.6. The molecule has 12 heteroatoms. The van der Waals surface area contributed by atoms with Crippen LogP contribution < -0.4 is 10.2 Å². The van der Waals surface area contributed by atoms with Gasteiger partial charge in [0.15, 0.2) is 23.7 Å². The van der Waals surface area contributed by atoms with Gasteiger partial charge in [0.25, 0.3) is 5.91 Å². The molecule has 1 saturated heterocycles.